The van der Waals surface area contributed by atoms with Crippen LogP contribution in [0.5, 0.6) is 11.5 Å². The molecule has 2 aromatic heterocycles. The molecule has 3 N–H and O–H groups in total. The van der Waals surface area contributed by atoms with Gasteiger partial charge < -0.3 is 14.5 Å². The highest BCUT2D eigenvalue weighted by molar-refractivity contribution is 7.18. The van der Waals surface area contributed by atoms with E-state index in [-0.39, 0.29) is 18.4 Å². The smallest absolute Gasteiger partial charge is 0.279 e. The maximum absolute atomic E-state index is 12.6. The van der Waals surface area contributed by atoms with Crippen molar-refractivity contribution in [3.63, 3.8) is 0 Å². The van der Waals surface area contributed by atoms with E-state index in [1.165, 1.54) is 4.88 Å². The zero-order valence-corrected chi connectivity index (χ0v) is 20.0. The number of carbonyl (C=O) groups is 2. The first-order valence-corrected chi connectivity index (χ1v) is 12.3. The van der Waals surface area contributed by atoms with Crippen LogP contribution in [0.15, 0.2) is 29.1 Å². The van der Waals surface area contributed by atoms with Gasteiger partial charge >= 0.3 is 0 Å². The number of hydrazine groups is 1. The monoisotopic (exact) mass is 484 g/mol. The summed E-state index contributed by atoms with van der Waals surface area (Å²) in [6.07, 6.45) is 3.65. The summed E-state index contributed by atoms with van der Waals surface area (Å²) in [5, 5.41) is 0.696. The number of carbonyl (C=O) groups excluding carboxylic acids is 2. The highest BCUT2D eigenvalue weighted by atomic mass is 32.1. The average molecular weight is 485 g/mol. The van der Waals surface area contributed by atoms with Gasteiger partial charge in [0.15, 0.2) is 6.10 Å². The number of aryl methyl sites for hydroxylation is 3. The summed E-state index contributed by atoms with van der Waals surface area (Å²) in [5.41, 5.74) is 5.73. The molecule has 1 atom stereocenters. The number of ether oxygens (including phenoxy) is 2. The van der Waals surface area contributed by atoms with Crippen molar-refractivity contribution in [2.75, 3.05) is 6.61 Å². The van der Waals surface area contributed by atoms with Crippen LogP contribution < -0.4 is 25.9 Å². The maximum atomic E-state index is 12.6. The Balaban J connectivity index is 1.26. The van der Waals surface area contributed by atoms with Gasteiger partial charge in [-0.25, -0.2) is 4.98 Å². The first-order chi connectivity index (χ1) is 16.4. The lowest BCUT2D eigenvalue weighted by Crippen LogP contribution is -2.47. The third-order valence-corrected chi connectivity index (χ3v) is 6.79. The van der Waals surface area contributed by atoms with E-state index in [4.69, 9.17) is 9.47 Å². The minimum Gasteiger partial charge on any atom is -0.494 e. The Morgan fingerprint density at radius 2 is 1.88 bits per heavy atom. The van der Waals surface area contributed by atoms with Crippen molar-refractivity contribution in [2.24, 2.45) is 0 Å². The Kier molecular flexibility index (Phi) is 7.46. The number of nitrogens with one attached hydrogen (secondary N) is 3. The van der Waals surface area contributed by atoms with E-state index in [9.17, 15) is 14.4 Å². The minimum absolute atomic E-state index is 0.0634. The second-order valence-corrected chi connectivity index (χ2v) is 9.19. The van der Waals surface area contributed by atoms with Gasteiger partial charge in [0, 0.05) is 17.7 Å². The molecule has 4 rings (SSSR count). The Morgan fingerprint density at radius 1 is 1.15 bits per heavy atom. The fourth-order valence-electron chi connectivity index (χ4n) is 3.89. The summed E-state index contributed by atoms with van der Waals surface area (Å²) in [5.74, 6) is 0.810. The van der Waals surface area contributed by atoms with Crippen LogP contribution in [-0.2, 0) is 28.9 Å². The molecule has 0 saturated carbocycles. The van der Waals surface area contributed by atoms with Crippen LogP contribution in [0.1, 0.15) is 49.4 Å². The first kappa shape index (κ1) is 23.7. The molecule has 9 nitrogen and oxygen atoms in total. The van der Waals surface area contributed by atoms with E-state index < -0.39 is 17.9 Å². The molecule has 0 saturated heterocycles. The zero-order chi connectivity index (χ0) is 24.1. The molecule has 0 radical (unpaired) electrons. The molecule has 180 valence electrons. The largest absolute Gasteiger partial charge is 0.494 e. The molecule has 2 amide bonds. The molecule has 0 spiro atoms. The van der Waals surface area contributed by atoms with Crippen molar-refractivity contribution in [3.05, 3.63) is 50.9 Å². The molecule has 0 fully saturated rings. The van der Waals surface area contributed by atoms with Gasteiger partial charge in [-0.3, -0.25) is 25.2 Å². The Morgan fingerprint density at radius 3 is 2.65 bits per heavy atom. The second-order valence-electron chi connectivity index (χ2n) is 8.11. The molecule has 0 aliphatic heterocycles. The normalized spacial score (nSPS) is 13.7. The number of nitrogens with zero attached hydrogens (tertiary/aromatic N) is 1. The van der Waals surface area contributed by atoms with Gasteiger partial charge in [0.25, 0.3) is 11.5 Å². The number of H-pyrrole nitrogens is 1. The number of aromatic amines is 1. The van der Waals surface area contributed by atoms with Gasteiger partial charge in [-0.15, -0.1) is 11.3 Å². The fraction of sp³-hybridized carbons (Fsp3) is 0.417. The zero-order valence-electron chi connectivity index (χ0n) is 19.2. The van der Waals surface area contributed by atoms with Crippen molar-refractivity contribution in [2.45, 2.75) is 58.5 Å². The molecule has 1 unspecified atom stereocenters. The minimum atomic E-state index is -0.816. The SMILES string of the molecule is CCOc1ccc(OC(C)C(=O)NNC(=O)CCc2nc3sc4c(c3c(=O)[nH]2)CCCC4)cc1. The molecular weight excluding hydrogens is 456 g/mol. The first-order valence-electron chi connectivity index (χ1n) is 11.5. The predicted octanol–water partition coefficient (Wildman–Crippen LogP) is 2.81. The lowest BCUT2D eigenvalue weighted by molar-refractivity contribution is -0.132. The van der Waals surface area contributed by atoms with Gasteiger partial charge in [-0.2, -0.15) is 0 Å². The number of rotatable bonds is 8. The molecule has 1 aliphatic carbocycles. The third-order valence-electron chi connectivity index (χ3n) is 5.60. The van der Waals surface area contributed by atoms with Gasteiger partial charge in [-0.1, -0.05) is 0 Å². The van der Waals surface area contributed by atoms with Crippen molar-refractivity contribution in [1.82, 2.24) is 20.8 Å². The quantitative estimate of drug-likeness (QED) is 0.423. The molecule has 1 aliphatic rings. The molecule has 0 bridgehead atoms. The molecular formula is C24H28N4O5S. The van der Waals surface area contributed by atoms with Crippen molar-refractivity contribution in [1.29, 1.82) is 0 Å². The third kappa shape index (κ3) is 5.56. The Bertz CT molecular complexity index is 1230. The van der Waals surface area contributed by atoms with Gasteiger partial charge in [0.2, 0.25) is 5.91 Å². The fourth-order valence-corrected chi connectivity index (χ4v) is 5.17. The molecule has 2 heterocycles. The summed E-state index contributed by atoms with van der Waals surface area (Å²) < 4.78 is 11.0. The summed E-state index contributed by atoms with van der Waals surface area (Å²) in [6.45, 7) is 4.05. The predicted molar refractivity (Wildman–Crippen MR) is 129 cm³/mol. The van der Waals surface area contributed by atoms with Crippen LogP contribution in [0.4, 0.5) is 0 Å². The van der Waals surface area contributed by atoms with Crippen LogP contribution in [-0.4, -0.2) is 34.5 Å². The number of thiophene rings is 1. The number of aromatic nitrogens is 2. The van der Waals surface area contributed by atoms with Crippen LogP contribution in [0.2, 0.25) is 0 Å². The number of benzene rings is 1. The van der Waals surface area contributed by atoms with Crippen LogP contribution in [0.3, 0.4) is 0 Å². The van der Waals surface area contributed by atoms with E-state index in [1.54, 1.807) is 42.5 Å². The van der Waals surface area contributed by atoms with E-state index in [1.807, 2.05) is 6.92 Å². The Hall–Kier alpha value is -3.40. The Labute approximate surface area is 200 Å². The standard InChI is InChI=1S/C24H28N4O5S/c1-3-32-15-8-10-16(11-9-15)33-14(2)22(30)28-27-20(29)13-12-19-25-23(31)21-17-6-4-5-7-18(17)34-24(21)26-19/h8-11,14H,3-7,12-13H2,1-2H3,(H,27,29)(H,28,30)(H,25,26,31). The lowest BCUT2D eigenvalue weighted by atomic mass is 9.97. The molecule has 3 aromatic rings. The summed E-state index contributed by atoms with van der Waals surface area (Å²) in [4.78, 5) is 46.4. The van der Waals surface area contributed by atoms with Crippen LogP contribution >= 0.6 is 11.3 Å². The summed E-state index contributed by atoms with van der Waals surface area (Å²) in [7, 11) is 0. The van der Waals surface area contributed by atoms with E-state index in [0.29, 0.717) is 29.3 Å². The number of hydrogen-bond acceptors (Lipinski definition) is 7. The van der Waals surface area contributed by atoms with Gasteiger partial charge in [0.1, 0.15) is 22.2 Å². The number of fused-ring (bicyclic) bond motifs is 3. The van der Waals surface area contributed by atoms with Crippen LogP contribution in [0.25, 0.3) is 10.2 Å². The number of hydrogen-bond donors (Lipinski definition) is 3. The second kappa shape index (κ2) is 10.7. The van der Waals surface area contributed by atoms with Gasteiger partial charge in [0.05, 0.1) is 12.0 Å². The molecule has 1 aromatic carbocycles. The van der Waals surface area contributed by atoms with Crippen molar-refractivity contribution in [3.8, 4) is 11.5 Å². The highest BCUT2D eigenvalue weighted by Crippen LogP contribution is 2.33. The highest BCUT2D eigenvalue weighted by Gasteiger charge is 2.20. The number of amides is 2. The molecule has 34 heavy (non-hydrogen) atoms. The summed E-state index contributed by atoms with van der Waals surface area (Å²) in [6, 6.07) is 6.93. The van der Waals surface area contributed by atoms with E-state index in [0.717, 1.165) is 36.1 Å². The van der Waals surface area contributed by atoms with E-state index in [2.05, 4.69) is 20.8 Å². The van der Waals surface area contributed by atoms with Gasteiger partial charge in [-0.05, 0) is 69.4 Å². The molecule has 10 heteroatoms. The topological polar surface area (TPSA) is 122 Å². The van der Waals surface area contributed by atoms with Crippen LogP contribution in [0, 0.1) is 0 Å². The van der Waals surface area contributed by atoms with Crippen molar-refractivity contribution >= 4 is 33.4 Å². The maximum Gasteiger partial charge on any atom is 0.279 e. The average Bonchev–Trinajstić information content (AvgIpc) is 3.21. The van der Waals surface area contributed by atoms with E-state index >= 15 is 0 Å². The lowest BCUT2D eigenvalue weighted by Gasteiger charge is -2.15. The van der Waals surface area contributed by atoms with Crippen molar-refractivity contribution < 1.29 is 19.1 Å². The summed E-state index contributed by atoms with van der Waals surface area (Å²) >= 11 is 1.57.